The molecule has 0 bridgehead atoms. The Morgan fingerprint density at radius 3 is 2.13 bits per heavy atom. The highest BCUT2D eigenvalue weighted by Crippen LogP contribution is 2.14. The van der Waals surface area contributed by atoms with Gasteiger partial charge in [0, 0.05) is 7.11 Å². The Bertz CT molecular complexity index is 126. The maximum Gasteiger partial charge on any atom is 0.0830 e. The van der Waals surface area contributed by atoms with Gasteiger partial charge < -0.3 is 9.84 Å². The third-order valence-electron chi connectivity index (χ3n) is 2.91. The molecule has 0 saturated heterocycles. The van der Waals surface area contributed by atoms with Crippen LogP contribution in [0.5, 0.6) is 0 Å². The summed E-state index contributed by atoms with van der Waals surface area (Å²) in [5.41, 5.74) is 0. The largest absolute Gasteiger partial charge is 0.390 e. The van der Waals surface area contributed by atoms with E-state index in [1.165, 1.54) is 25.7 Å². The lowest BCUT2D eigenvalue weighted by Gasteiger charge is -2.20. The monoisotopic (exact) mass is 216 g/mol. The zero-order valence-corrected chi connectivity index (χ0v) is 10.7. The van der Waals surface area contributed by atoms with E-state index in [0.717, 1.165) is 25.7 Å². The van der Waals surface area contributed by atoms with Crippen molar-refractivity contribution in [1.29, 1.82) is 0 Å². The Labute approximate surface area is 95.0 Å². The molecule has 15 heavy (non-hydrogen) atoms. The van der Waals surface area contributed by atoms with Crippen molar-refractivity contribution in [3.8, 4) is 0 Å². The molecular formula is C13H28O2. The standard InChI is InChI=1S/C13H28O2/c1-4-6-7-8-9-11-12(14)13(15-3)10-5-2/h12-14H,4-11H2,1-3H3. The first kappa shape index (κ1) is 14.9. The van der Waals surface area contributed by atoms with Crippen LogP contribution in [0.15, 0.2) is 0 Å². The summed E-state index contributed by atoms with van der Waals surface area (Å²) in [6.07, 6.45) is 8.98. The lowest BCUT2D eigenvalue weighted by molar-refractivity contribution is -0.0211. The lowest BCUT2D eigenvalue weighted by atomic mass is 10.0. The fraction of sp³-hybridized carbons (Fsp3) is 1.00. The smallest absolute Gasteiger partial charge is 0.0830 e. The molecule has 0 aromatic carbocycles. The highest BCUT2D eigenvalue weighted by molar-refractivity contribution is 4.68. The van der Waals surface area contributed by atoms with Crippen LogP contribution in [-0.4, -0.2) is 24.4 Å². The summed E-state index contributed by atoms with van der Waals surface area (Å²) >= 11 is 0. The first-order valence-corrected chi connectivity index (χ1v) is 6.47. The van der Waals surface area contributed by atoms with Gasteiger partial charge in [0.1, 0.15) is 0 Å². The summed E-state index contributed by atoms with van der Waals surface area (Å²) in [5, 5.41) is 9.87. The van der Waals surface area contributed by atoms with Crippen molar-refractivity contribution in [2.75, 3.05) is 7.11 Å². The predicted octanol–water partition coefficient (Wildman–Crippen LogP) is 3.52. The van der Waals surface area contributed by atoms with Crippen molar-refractivity contribution in [3.63, 3.8) is 0 Å². The molecule has 0 fully saturated rings. The highest BCUT2D eigenvalue weighted by Gasteiger charge is 2.16. The van der Waals surface area contributed by atoms with Gasteiger partial charge >= 0.3 is 0 Å². The van der Waals surface area contributed by atoms with Gasteiger partial charge in [-0.25, -0.2) is 0 Å². The molecule has 0 saturated carbocycles. The average molecular weight is 216 g/mol. The van der Waals surface area contributed by atoms with Crippen LogP contribution >= 0.6 is 0 Å². The molecule has 0 aromatic heterocycles. The fourth-order valence-corrected chi connectivity index (χ4v) is 1.89. The van der Waals surface area contributed by atoms with E-state index >= 15 is 0 Å². The van der Waals surface area contributed by atoms with E-state index in [1.807, 2.05) is 0 Å². The summed E-state index contributed by atoms with van der Waals surface area (Å²) in [6, 6.07) is 0. The SMILES string of the molecule is CCCCCCCC(O)C(CCC)OC. The number of hydrogen-bond donors (Lipinski definition) is 1. The minimum atomic E-state index is -0.267. The molecule has 2 unspecified atom stereocenters. The Morgan fingerprint density at radius 2 is 1.60 bits per heavy atom. The van der Waals surface area contributed by atoms with Gasteiger partial charge in [0.25, 0.3) is 0 Å². The Kier molecular flexibility index (Phi) is 10.4. The molecule has 2 heteroatoms. The van der Waals surface area contributed by atoms with Crippen LogP contribution in [0.2, 0.25) is 0 Å². The number of aliphatic hydroxyl groups is 1. The molecule has 0 aromatic rings. The minimum absolute atomic E-state index is 0.0428. The van der Waals surface area contributed by atoms with Crippen LogP contribution < -0.4 is 0 Å². The predicted molar refractivity (Wildman–Crippen MR) is 65.1 cm³/mol. The van der Waals surface area contributed by atoms with Crippen LogP contribution in [0.3, 0.4) is 0 Å². The molecule has 0 aliphatic rings. The van der Waals surface area contributed by atoms with Crippen LogP contribution in [-0.2, 0) is 4.74 Å². The van der Waals surface area contributed by atoms with Crippen molar-refractivity contribution in [2.24, 2.45) is 0 Å². The number of hydrogen-bond acceptors (Lipinski definition) is 2. The summed E-state index contributed by atoms with van der Waals surface area (Å²) in [7, 11) is 1.70. The molecule has 0 aliphatic heterocycles. The normalized spacial score (nSPS) is 15.2. The number of rotatable bonds is 10. The Hall–Kier alpha value is -0.0800. The van der Waals surface area contributed by atoms with Gasteiger partial charge in [0.2, 0.25) is 0 Å². The van der Waals surface area contributed by atoms with Crippen molar-refractivity contribution in [2.45, 2.75) is 77.4 Å². The molecular weight excluding hydrogens is 188 g/mol. The maximum atomic E-state index is 9.87. The molecule has 0 radical (unpaired) electrons. The summed E-state index contributed by atoms with van der Waals surface area (Å²) < 4.78 is 5.28. The van der Waals surface area contributed by atoms with E-state index in [2.05, 4.69) is 13.8 Å². The molecule has 0 aliphatic carbocycles. The molecule has 2 atom stereocenters. The topological polar surface area (TPSA) is 29.5 Å². The number of aliphatic hydroxyl groups excluding tert-OH is 1. The van der Waals surface area contributed by atoms with Gasteiger partial charge in [-0.1, -0.05) is 52.4 Å². The van der Waals surface area contributed by atoms with Gasteiger partial charge in [0.15, 0.2) is 0 Å². The third-order valence-corrected chi connectivity index (χ3v) is 2.91. The zero-order chi connectivity index (χ0) is 11.5. The van der Waals surface area contributed by atoms with Gasteiger partial charge in [-0.2, -0.15) is 0 Å². The second-order valence-electron chi connectivity index (χ2n) is 4.33. The van der Waals surface area contributed by atoms with Gasteiger partial charge in [0.05, 0.1) is 12.2 Å². The molecule has 1 N–H and O–H groups in total. The zero-order valence-electron chi connectivity index (χ0n) is 10.7. The van der Waals surface area contributed by atoms with E-state index in [0.29, 0.717) is 0 Å². The van der Waals surface area contributed by atoms with Gasteiger partial charge in [-0.05, 0) is 12.8 Å². The van der Waals surface area contributed by atoms with Crippen molar-refractivity contribution in [3.05, 3.63) is 0 Å². The van der Waals surface area contributed by atoms with Crippen LogP contribution in [0.25, 0.3) is 0 Å². The van der Waals surface area contributed by atoms with E-state index < -0.39 is 0 Å². The quantitative estimate of drug-likeness (QED) is 0.566. The Morgan fingerprint density at radius 1 is 0.933 bits per heavy atom. The number of methoxy groups -OCH3 is 1. The molecule has 92 valence electrons. The molecule has 0 rings (SSSR count). The molecule has 0 spiro atoms. The van der Waals surface area contributed by atoms with Crippen LogP contribution in [0.4, 0.5) is 0 Å². The number of ether oxygens (including phenoxy) is 1. The average Bonchev–Trinajstić information content (AvgIpc) is 2.25. The summed E-state index contributed by atoms with van der Waals surface area (Å²) in [6.45, 7) is 4.34. The molecule has 2 nitrogen and oxygen atoms in total. The van der Waals surface area contributed by atoms with E-state index in [4.69, 9.17) is 4.74 Å². The summed E-state index contributed by atoms with van der Waals surface area (Å²) in [4.78, 5) is 0. The first-order valence-electron chi connectivity index (χ1n) is 6.47. The van der Waals surface area contributed by atoms with Crippen LogP contribution in [0, 0.1) is 0 Å². The van der Waals surface area contributed by atoms with E-state index in [1.54, 1.807) is 7.11 Å². The first-order chi connectivity index (χ1) is 7.26. The van der Waals surface area contributed by atoms with Crippen molar-refractivity contribution < 1.29 is 9.84 Å². The highest BCUT2D eigenvalue weighted by atomic mass is 16.5. The summed E-state index contributed by atoms with van der Waals surface area (Å²) in [5.74, 6) is 0. The van der Waals surface area contributed by atoms with Crippen molar-refractivity contribution in [1.82, 2.24) is 0 Å². The molecule has 0 amide bonds. The van der Waals surface area contributed by atoms with Crippen molar-refractivity contribution >= 4 is 0 Å². The lowest BCUT2D eigenvalue weighted by Crippen LogP contribution is -2.27. The molecule has 0 heterocycles. The maximum absolute atomic E-state index is 9.87. The third kappa shape index (κ3) is 7.80. The van der Waals surface area contributed by atoms with Crippen LogP contribution in [0.1, 0.15) is 65.2 Å². The second-order valence-corrected chi connectivity index (χ2v) is 4.33. The fourth-order valence-electron chi connectivity index (χ4n) is 1.89. The number of unbranched alkanes of at least 4 members (excludes halogenated alkanes) is 4. The van der Waals surface area contributed by atoms with Gasteiger partial charge in [-0.3, -0.25) is 0 Å². The second kappa shape index (κ2) is 10.4. The Balaban J connectivity index is 3.48. The van der Waals surface area contributed by atoms with Gasteiger partial charge in [-0.15, -0.1) is 0 Å². The minimum Gasteiger partial charge on any atom is -0.390 e. The van der Waals surface area contributed by atoms with E-state index in [-0.39, 0.29) is 12.2 Å². The van der Waals surface area contributed by atoms with E-state index in [9.17, 15) is 5.11 Å².